The molecule has 1 aliphatic carbocycles. The number of hydrogen-bond donors (Lipinski definition) is 2. The molecule has 1 aliphatic heterocycles. The standard InChI is InChI=1S/C18H35N3O2S.HI/c1-13(2)10-19-18(20-11-16-5-6-24(22,23)12-16)21-17-8-14(3)7-15(4)9-17;/h13-17H,5-12H2,1-4H3,(H2,19,20,21);1H. The number of sulfone groups is 1. The van der Waals surface area contributed by atoms with Crippen molar-refractivity contribution in [2.75, 3.05) is 24.6 Å². The Bertz CT molecular complexity index is 526. The summed E-state index contributed by atoms with van der Waals surface area (Å²) in [5, 5.41) is 7.01. The van der Waals surface area contributed by atoms with Gasteiger partial charge in [-0.2, -0.15) is 0 Å². The largest absolute Gasteiger partial charge is 0.356 e. The van der Waals surface area contributed by atoms with E-state index in [9.17, 15) is 8.42 Å². The number of nitrogens with zero attached hydrogens (tertiary/aromatic N) is 1. The van der Waals surface area contributed by atoms with E-state index >= 15 is 0 Å². The minimum absolute atomic E-state index is 0. The summed E-state index contributed by atoms with van der Waals surface area (Å²) in [7, 11) is -2.81. The van der Waals surface area contributed by atoms with Crippen molar-refractivity contribution in [3.8, 4) is 0 Å². The van der Waals surface area contributed by atoms with Gasteiger partial charge < -0.3 is 10.6 Å². The van der Waals surface area contributed by atoms with Crippen LogP contribution in [0.5, 0.6) is 0 Å². The molecule has 148 valence electrons. The lowest BCUT2D eigenvalue weighted by Crippen LogP contribution is -2.47. The molecule has 0 spiro atoms. The molecular weight excluding hydrogens is 449 g/mol. The molecule has 0 amide bonds. The number of nitrogens with one attached hydrogen (secondary N) is 2. The molecular formula is C18H36IN3O2S. The summed E-state index contributed by atoms with van der Waals surface area (Å²) in [4.78, 5) is 4.71. The predicted molar refractivity (Wildman–Crippen MR) is 116 cm³/mol. The summed E-state index contributed by atoms with van der Waals surface area (Å²) < 4.78 is 23.2. The molecule has 3 atom stereocenters. The zero-order chi connectivity index (χ0) is 17.7. The highest BCUT2D eigenvalue weighted by atomic mass is 127. The van der Waals surface area contributed by atoms with Crippen molar-refractivity contribution in [3.05, 3.63) is 0 Å². The van der Waals surface area contributed by atoms with Crippen LogP contribution in [-0.4, -0.2) is 45.0 Å². The van der Waals surface area contributed by atoms with Crippen LogP contribution < -0.4 is 10.6 Å². The van der Waals surface area contributed by atoms with Gasteiger partial charge in [-0.3, -0.25) is 4.99 Å². The number of aliphatic imine (C=N–C) groups is 1. The maximum atomic E-state index is 11.6. The van der Waals surface area contributed by atoms with Crippen LogP contribution in [0.4, 0.5) is 0 Å². The molecule has 2 fully saturated rings. The summed E-state index contributed by atoms with van der Waals surface area (Å²) in [6, 6.07) is 0.467. The Morgan fingerprint density at radius 1 is 1.16 bits per heavy atom. The quantitative estimate of drug-likeness (QED) is 0.357. The van der Waals surface area contributed by atoms with Gasteiger partial charge in [0.15, 0.2) is 15.8 Å². The average Bonchev–Trinajstić information content (AvgIpc) is 2.80. The van der Waals surface area contributed by atoms with Crippen LogP contribution in [0.1, 0.15) is 53.4 Å². The van der Waals surface area contributed by atoms with Crippen molar-refractivity contribution in [2.45, 2.75) is 59.4 Å². The van der Waals surface area contributed by atoms with E-state index in [4.69, 9.17) is 4.99 Å². The first-order valence-electron chi connectivity index (χ1n) is 9.48. The second-order valence-corrected chi connectivity index (χ2v) is 10.7. The van der Waals surface area contributed by atoms with Gasteiger partial charge in [-0.05, 0) is 49.4 Å². The first kappa shape index (κ1) is 23.0. The van der Waals surface area contributed by atoms with Crippen molar-refractivity contribution in [1.29, 1.82) is 0 Å². The highest BCUT2D eigenvalue weighted by Gasteiger charge is 2.28. The maximum Gasteiger partial charge on any atom is 0.191 e. The summed E-state index contributed by atoms with van der Waals surface area (Å²) in [5.41, 5.74) is 0. The van der Waals surface area contributed by atoms with Crippen molar-refractivity contribution >= 4 is 39.8 Å². The van der Waals surface area contributed by atoms with E-state index in [1.165, 1.54) is 19.3 Å². The molecule has 1 saturated heterocycles. The van der Waals surface area contributed by atoms with Gasteiger partial charge in [0, 0.05) is 19.1 Å². The minimum Gasteiger partial charge on any atom is -0.356 e. The molecule has 0 bridgehead atoms. The molecule has 0 aromatic carbocycles. The number of hydrogen-bond acceptors (Lipinski definition) is 3. The zero-order valence-corrected chi connectivity index (χ0v) is 19.3. The lowest BCUT2D eigenvalue weighted by Gasteiger charge is -2.33. The Morgan fingerprint density at radius 2 is 1.80 bits per heavy atom. The zero-order valence-electron chi connectivity index (χ0n) is 16.1. The highest BCUT2D eigenvalue weighted by molar-refractivity contribution is 14.0. The summed E-state index contributed by atoms with van der Waals surface area (Å²) in [6.07, 6.45) is 4.45. The molecule has 2 rings (SSSR count). The topological polar surface area (TPSA) is 70.6 Å². The van der Waals surface area contributed by atoms with E-state index in [1.54, 1.807) is 0 Å². The van der Waals surface area contributed by atoms with Crippen LogP contribution in [0.2, 0.25) is 0 Å². The van der Waals surface area contributed by atoms with Crippen LogP contribution in [0.3, 0.4) is 0 Å². The van der Waals surface area contributed by atoms with Crippen LogP contribution in [0, 0.1) is 23.7 Å². The lowest BCUT2D eigenvalue weighted by molar-refractivity contribution is 0.254. The minimum atomic E-state index is -2.81. The Balaban J connectivity index is 0.00000312. The van der Waals surface area contributed by atoms with Gasteiger partial charge >= 0.3 is 0 Å². The van der Waals surface area contributed by atoms with E-state index in [0.717, 1.165) is 30.8 Å². The first-order chi connectivity index (χ1) is 11.2. The van der Waals surface area contributed by atoms with E-state index in [2.05, 4.69) is 38.3 Å². The third-order valence-corrected chi connectivity index (χ3v) is 6.86. The van der Waals surface area contributed by atoms with Gasteiger partial charge in [-0.25, -0.2) is 8.42 Å². The Morgan fingerprint density at radius 3 is 2.32 bits per heavy atom. The van der Waals surface area contributed by atoms with Crippen LogP contribution in [0.15, 0.2) is 4.99 Å². The first-order valence-corrected chi connectivity index (χ1v) is 11.3. The molecule has 5 nitrogen and oxygen atoms in total. The van der Waals surface area contributed by atoms with Crippen LogP contribution in [-0.2, 0) is 9.84 Å². The fourth-order valence-corrected chi connectivity index (χ4v) is 5.82. The van der Waals surface area contributed by atoms with Gasteiger partial charge in [-0.15, -0.1) is 24.0 Å². The SMILES string of the molecule is CC(C)CN=C(NCC1CCS(=O)(=O)C1)NC1CC(C)CC(C)C1.I. The van der Waals surface area contributed by atoms with E-state index in [1.807, 2.05) is 0 Å². The summed E-state index contributed by atoms with van der Waals surface area (Å²) in [5.74, 6) is 3.73. The molecule has 25 heavy (non-hydrogen) atoms. The third kappa shape index (κ3) is 8.45. The van der Waals surface area contributed by atoms with Gasteiger partial charge in [0.25, 0.3) is 0 Å². The molecule has 1 saturated carbocycles. The van der Waals surface area contributed by atoms with Crippen molar-refractivity contribution in [1.82, 2.24) is 10.6 Å². The van der Waals surface area contributed by atoms with Gasteiger partial charge in [0.2, 0.25) is 0 Å². The fraction of sp³-hybridized carbons (Fsp3) is 0.944. The van der Waals surface area contributed by atoms with Gasteiger partial charge in [-0.1, -0.05) is 27.7 Å². The van der Waals surface area contributed by atoms with Crippen molar-refractivity contribution in [2.24, 2.45) is 28.7 Å². The smallest absolute Gasteiger partial charge is 0.191 e. The van der Waals surface area contributed by atoms with Crippen LogP contribution in [0.25, 0.3) is 0 Å². The Kier molecular flexibility index (Phi) is 9.50. The normalized spacial score (nSPS) is 32.3. The molecule has 3 unspecified atom stereocenters. The van der Waals surface area contributed by atoms with E-state index < -0.39 is 9.84 Å². The van der Waals surface area contributed by atoms with Gasteiger partial charge in [0.1, 0.15) is 0 Å². The monoisotopic (exact) mass is 485 g/mol. The Hall–Kier alpha value is -0.0500. The molecule has 0 aromatic heterocycles. The maximum absolute atomic E-state index is 11.6. The number of halogens is 1. The summed E-state index contributed by atoms with van der Waals surface area (Å²) >= 11 is 0. The summed E-state index contributed by atoms with van der Waals surface area (Å²) in [6.45, 7) is 10.5. The second kappa shape index (κ2) is 10.3. The third-order valence-electron chi connectivity index (χ3n) is 5.02. The second-order valence-electron chi connectivity index (χ2n) is 8.49. The molecule has 0 aromatic rings. The fourth-order valence-electron chi connectivity index (χ4n) is 3.96. The van der Waals surface area contributed by atoms with Crippen molar-refractivity contribution < 1.29 is 8.42 Å². The van der Waals surface area contributed by atoms with Crippen molar-refractivity contribution in [3.63, 3.8) is 0 Å². The highest BCUT2D eigenvalue weighted by Crippen LogP contribution is 2.28. The number of guanidine groups is 1. The van der Waals surface area contributed by atoms with Crippen LogP contribution >= 0.6 is 24.0 Å². The van der Waals surface area contributed by atoms with E-state index in [0.29, 0.717) is 30.0 Å². The predicted octanol–water partition coefficient (Wildman–Crippen LogP) is 3.06. The molecule has 7 heteroatoms. The number of rotatable bonds is 5. The molecule has 2 aliphatic rings. The van der Waals surface area contributed by atoms with Gasteiger partial charge in [0.05, 0.1) is 11.5 Å². The Labute approximate surface area is 171 Å². The molecule has 1 heterocycles. The average molecular weight is 485 g/mol. The lowest BCUT2D eigenvalue weighted by atomic mass is 9.80. The molecule has 2 N–H and O–H groups in total. The molecule has 0 radical (unpaired) electrons. The van der Waals surface area contributed by atoms with E-state index in [-0.39, 0.29) is 29.9 Å².